The number of rotatable bonds is 1. The maximum absolute atomic E-state index is 11.7. The van der Waals surface area contributed by atoms with Crippen molar-refractivity contribution in [3.05, 3.63) is 33.9 Å². The van der Waals surface area contributed by atoms with Gasteiger partial charge in [0.2, 0.25) is 0 Å². The minimum Gasteiger partial charge on any atom is -0.507 e. The lowest BCUT2D eigenvalue weighted by Gasteiger charge is -2.03. The van der Waals surface area contributed by atoms with E-state index in [1.807, 2.05) is 0 Å². The van der Waals surface area contributed by atoms with Crippen LogP contribution < -0.4 is 5.32 Å². The van der Waals surface area contributed by atoms with Crippen LogP contribution in [0.1, 0.15) is 5.56 Å². The number of aromatic hydroxyl groups is 1. The van der Waals surface area contributed by atoms with Crippen LogP contribution in [0.5, 0.6) is 5.75 Å². The average molecular weight is 313 g/mol. The SMILES string of the molecule is CN1C(=O)C(=Cc2cc(Br)ccc2O)NC1=S. The van der Waals surface area contributed by atoms with Gasteiger partial charge in [0.25, 0.3) is 5.91 Å². The van der Waals surface area contributed by atoms with Gasteiger partial charge in [-0.25, -0.2) is 0 Å². The van der Waals surface area contributed by atoms with Gasteiger partial charge < -0.3 is 10.4 Å². The zero-order valence-corrected chi connectivity index (χ0v) is 11.3. The van der Waals surface area contributed by atoms with Crippen molar-refractivity contribution in [2.45, 2.75) is 0 Å². The van der Waals surface area contributed by atoms with Crippen LogP contribution in [0.15, 0.2) is 28.4 Å². The number of hydrogen-bond acceptors (Lipinski definition) is 3. The van der Waals surface area contributed by atoms with E-state index in [0.29, 0.717) is 16.4 Å². The molecule has 2 N–H and O–H groups in total. The highest BCUT2D eigenvalue weighted by molar-refractivity contribution is 9.10. The zero-order valence-electron chi connectivity index (χ0n) is 8.90. The minimum atomic E-state index is -0.214. The molecule has 1 saturated heterocycles. The maximum Gasteiger partial charge on any atom is 0.276 e. The Bertz CT molecular complexity index is 542. The number of carbonyl (C=O) groups excluding carboxylic acids is 1. The normalized spacial score (nSPS) is 17.8. The predicted octanol–water partition coefficient (Wildman–Crippen LogP) is 1.84. The third-order valence-corrected chi connectivity index (χ3v) is 3.24. The van der Waals surface area contributed by atoms with Crippen LogP contribution in [0.2, 0.25) is 0 Å². The molecule has 6 heteroatoms. The Morgan fingerprint density at radius 2 is 2.24 bits per heavy atom. The number of carbonyl (C=O) groups is 1. The van der Waals surface area contributed by atoms with E-state index in [1.165, 1.54) is 4.90 Å². The van der Waals surface area contributed by atoms with Gasteiger partial charge in [0.1, 0.15) is 11.4 Å². The molecule has 0 aromatic heterocycles. The quantitative estimate of drug-likeness (QED) is 0.614. The number of phenolic OH excluding ortho intramolecular Hbond substituents is 1. The van der Waals surface area contributed by atoms with Gasteiger partial charge in [-0.1, -0.05) is 15.9 Å². The Labute approximate surface area is 112 Å². The first-order chi connectivity index (χ1) is 7.99. The summed E-state index contributed by atoms with van der Waals surface area (Å²) >= 11 is 8.25. The topological polar surface area (TPSA) is 52.6 Å². The van der Waals surface area contributed by atoms with Crippen molar-refractivity contribution in [2.75, 3.05) is 7.05 Å². The number of benzene rings is 1. The average Bonchev–Trinajstić information content (AvgIpc) is 2.52. The highest BCUT2D eigenvalue weighted by Gasteiger charge is 2.27. The van der Waals surface area contributed by atoms with Crippen molar-refractivity contribution in [1.29, 1.82) is 0 Å². The zero-order chi connectivity index (χ0) is 12.6. The van der Waals surface area contributed by atoms with E-state index in [2.05, 4.69) is 21.2 Å². The largest absolute Gasteiger partial charge is 0.507 e. The summed E-state index contributed by atoms with van der Waals surface area (Å²) in [7, 11) is 1.60. The summed E-state index contributed by atoms with van der Waals surface area (Å²) in [4.78, 5) is 13.1. The van der Waals surface area contributed by atoms with E-state index in [0.717, 1.165) is 4.47 Å². The van der Waals surface area contributed by atoms with Crippen molar-refractivity contribution < 1.29 is 9.90 Å². The first-order valence-corrected chi connectivity index (χ1v) is 5.98. The van der Waals surface area contributed by atoms with Crippen molar-refractivity contribution in [1.82, 2.24) is 10.2 Å². The van der Waals surface area contributed by atoms with Gasteiger partial charge in [-0.05, 0) is 36.5 Å². The number of amides is 1. The van der Waals surface area contributed by atoms with E-state index < -0.39 is 0 Å². The number of likely N-dealkylation sites (N-methyl/N-ethyl adjacent to an activating group) is 1. The number of hydrogen-bond donors (Lipinski definition) is 2. The number of nitrogens with one attached hydrogen (secondary N) is 1. The fourth-order valence-electron chi connectivity index (χ4n) is 1.42. The summed E-state index contributed by atoms with van der Waals surface area (Å²) in [5, 5.41) is 12.8. The molecular formula is C11H9BrN2O2S. The lowest BCUT2D eigenvalue weighted by molar-refractivity contribution is -0.121. The Hall–Kier alpha value is -1.40. The summed E-state index contributed by atoms with van der Waals surface area (Å²) in [6, 6.07) is 4.99. The molecule has 1 amide bonds. The molecule has 88 valence electrons. The summed E-state index contributed by atoms with van der Waals surface area (Å²) in [6.45, 7) is 0. The second-order valence-corrected chi connectivity index (χ2v) is 4.86. The molecule has 0 unspecified atom stereocenters. The molecule has 1 aliphatic heterocycles. The number of phenols is 1. The molecule has 1 aliphatic rings. The van der Waals surface area contributed by atoms with E-state index in [9.17, 15) is 9.90 Å². The first kappa shape index (κ1) is 12.1. The van der Waals surface area contributed by atoms with Gasteiger partial charge in [-0.15, -0.1) is 0 Å². The van der Waals surface area contributed by atoms with E-state index in [1.54, 1.807) is 31.3 Å². The van der Waals surface area contributed by atoms with Gasteiger partial charge in [0.05, 0.1) is 0 Å². The van der Waals surface area contributed by atoms with E-state index in [-0.39, 0.29) is 11.7 Å². The molecule has 1 fully saturated rings. The minimum absolute atomic E-state index is 0.107. The fraction of sp³-hybridized carbons (Fsp3) is 0.0909. The second kappa shape index (κ2) is 4.46. The van der Waals surface area contributed by atoms with Gasteiger partial charge in [0, 0.05) is 17.1 Å². The molecule has 0 saturated carbocycles. The Kier molecular flexibility index (Phi) is 3.17. The van der Waals surface area contributed by atoms with Crippen molar-refractivity contribution in [3.8, 4) is 5.75 Å². The van der Waals surface area contributed by atoms with Gasteiger partial charge in [0.15, 0.2) is 5.11 Å². The van der Waals surface area contributed by atoms with Crippen LogP contribution in [0.25, 0.3) is 6.08 Å². The van der Waals surface area contributed by atoms with E-state index in [4.69, 9.17) is 12.2 Å². The summed E-state index contributed by atoms with van der Waals surface area (Å²) in [5.74, 6) is -0.106. The number of halogens is 1. The third-order valence-electron chi connectivity index (χ3n) is 2.37. The number of thiocarbonyl (C=S) groups is 1. The predicted molar refractivity (Wildman–Crippen MR) is 72.3 cm³/mol. The molecule has 1 aromatic carbocycles. The van der Waals surface area contributed by atoms with Crippen LogP contribution in [-0.2, 0) is 4.79 Å². The standard InChI is InChI=1S/C11H9BrN2O2S/c1-14-10(16)8(13-11(14)17)5-6-4-7(12)2-3-9(6)15/h2-5,15H,1H3,(H,13,17). The third kappa shape index (κ3) is 2.32. The molecule has 2 rings (SSSR count). The molecule has 0 spiro atoms. The van der Waals surface area contributed by atoms with Crippen molar-refractivity contribution >= 4 is 45.2 Å². The molecule has 0 radical (unpaired) electrons. The molecule has 4 nitrogen and oxygen atoms in total. The molecule has 0 aliphatic carbocycles. The second-order valence-electron chi connectivity index (χ2n) is 3.56. The van der Waals surface area contributed by atoms with Gasteiger partial charge in [-0.2, -0.15) is 0 Å². The van der Waals surface area contributed by atoms with Crippen molar-refractivity contribution in [2.24, 2.45) is 0 Å². The van der Waals surface area contributed by atoms with Crippen LogP contribution in [0.4, 0.5) is 0 Å². The van der Waals surface area contributed by atoms with Gasteiger partial charge in [-0.3, -0.25) is 9.69 Å². The maximum atomic E-state index is 11.7. The Morgan fingerprint density at radius 3 is 2.82 bits per heavy atom. The summed E-state index contributed by atoms with van der Waals surface area (Å²) in [5.41, 5.74) is 0.902. The van der Waals surface area contributed by atoms with Crippen molar-refractivity contribution in [3.63, 3.8) is 0 Å². The molecule has 1 heterocycles. The molecule has 17 heavy (non-hydrogen) atoms. The first-order valence-electron chi connectivity index (χ1n) is 4.78. The molecular weight excluding hydrogens is 304 g/mol. The molecule has 1 aromatic rings. The lowest BCUT2D eigenvalue weighted by atomic mass is 10.1. The molecule has 0 bridgehead atoms. The van der Waals surface area contributed by atoms with Gasteiger partial charge >= 0.3 is 0 Å². The summed E-state index contributed by atoms with van der Waals surface area (Å²) in [6.07, 6.45) is 1.57. The molecule has 0 atom stereocenters. The van der Waals surface area contributed by atoms with E-state index >= 15 is 0 Å². The van der Waals surface area contributed by atoms with Crippen LogP contribution in [0.3, 0.4) is 0 Å². The monoisotopic (exact) mass is 312 g/mol. The van der Waals surface area contributed by atoms with Crippen LogP contribution >= 0.6 is 28.1 Å². The highest BCUT2D eigenvalue weighted by atomic mass is 79.9. The summed E-state index contributed by atoms with van der Waals surface area (Å²) < 4.78 is 0.823. The number of nitrogens with zero attached hydrogens (tertiary/aromatic N) is 1. The van der Waals surface area contributed by atoms with Crippen LogP contribution in [0, 0.1) is 0 Å². The lowest BCUT2D eigenvalue weighted by Crippen LogP contribution is -2.25. The fourth-order valence-corrected chi connectivity index (χ4v) is 1.99. The Morgan fingerprint density at radius 1 is 1.53 bits per heavy atom. The smallest absolute Gasteiger partial charge is 0.276 e. The Balaban J connectivity index is 2.40. The highest BCUT2D eigenvalue weighted by Crippen LogP contribution is 2.24. The van der Waals surface area contributed by atoms with Crippen LogP contribution in [-0.4, -0.2) is 28.1 Å².